The van der Waals surface area contributed by atoms with Crippen molar-refractivity contribution in [3.05, 3.63) is 28.5 Å². The first-order chi connectivity index (χ1) is 7.04. The summed E-state index contributed by atoms with van der Waals surface area (Å²) in [6.07, 6.45) is 2.41. The van der Waals surface area contributed by atoms with Crippen LogP contribution in [0.4, 0.5) is 4.39 Å². The average molecular weight is 228 g/mol. The number of rotatable bonds is 4. The Morgan fingerprint density at radius 3 is 2.87 bits per heavy atom. The van der Waals surface area contributed by atoms with E-state index in [-0.39, 0.29) is 6.04 Å². The fourth-order valence-corrected chi connectivity index (χ4v) is 2.02. The van der Waals surface area contributed by atoms with E-state index in [1.54, 1.807) is 6.20 Å². The molecule has 1 rings (SSSR count). The first-order valence-electron chi connectivity index (χ1n) is 4.62. The molecular weight excluding hydrogens is 215 g/mol. The van der Waals surface area contributed by atoms with E-state index in [1.165, 1.54) is 11.3 Å². The van der Waals surface area contributed by atoms with E-state index in [0.717, 1.165) is 9.88 Å². The maximum atomic E-state index is 12.5. The van der Waals surface area contributed by atoms with E-state index in [9.17, 15) is 9.18 Å². The number of hydrogen-bond acceptors (Lipinski definition) is 3. The molecule has 5 heteroatoms. The van der Waals surface area contributed by atoms with Crippen LogP contribution in [0.25, 0.3) is 0 Å². The van der Waals surface area contributed by atoms with Crippen molar-refractivity contribution < 1.29 is 9.18 Å². The van der Waals surface area contributed by atoms with Crippen LogP contribution in [0.1, 0.15) is 29.3 Å². The second kappa shape index (κ2) is 5.02. The van der Waals surface area contributed by atoms with Crippen LogP contribution in [-0.4, -0.2) is 10.9 Å². The number of amides is 1. The summed E-state index contributed by atoms with van der Waals surface area (Å²) in [6.45, 7) is 6.79. The molecule has 1 amide bonds. The largest absolute Gasteiger partial charge is 0.341 e. The van der Waals surface area contributed by atoms with E-state index in [2.05, 4.69) is 16.9 Å². The van der Waals surface area contributed by atoms with Crippen molar-refractivity contribution in [2.45, 2.75) is 26.3 Å². The number of thiazole rings is 1. The van der Waals surface area contributed by atoms with Gasteiger partial charge in [0.1, 0.15) is 5.01 Å². The van der Waals surface area contributed by atoms with Crippen molar-refractivity contribution in [1.82, 2.24) is 10.3 Å². The van der Waals surface area contributed by atoms with Gasteiger partial charge < -0.3 is 5.32 Å². The highest BCUT2D eigenvalue weighted by molar-refractivity contribution is 7.11. The molecular formula is C10H13FN2OS. The lowest BCUT2D eigenvalue weighted by atomic mass is 10.2. The topological polar surface area (TPSA) is 42.0 Å². The molecule has 1 heterocycles. The van der Waals surface area contributed by atoms with Crippen molar-refractivity contribution >= 4 is 17.2 Å². The van der Waals surface area contributed by atoms with Gasteiger partial charge in [-0.2, -0.15) is 0 Å². The molecule has 0 saturated heterocycles. The van der Waals surface area contributed by atoms with Gasteiger partial charge in [0, 0.05) is 11.1 Å². The lowest BCUT2D eigenvalue weighted by Gasteiger charge is -2.12. The molecule has 1 unspecified atom stereocenters. The van der Waals surface area contributed by atoms with Crippen molar-refractivity contribution in [3.8, 4) is 0 Å². The van der Waals surface area contributed by atoms with Gasteiger partial charge in [-0.1, -0.05) is 13.5 Å². The maximum Gasteiger partial charge on any atom is 0.279 e. The summed E-state index contributed by atoms with van der Waals surface area (Å²) in [5, 5.41) is 3.33. The number of hydrogen-bond donors (Lipinski definition) is 1. The zero-order chi connectivity index (χ0) is 11.4. The van der Waals surface area contributed by atoms with Crippen LogP contribution < -0.4 is 5.32 Å². The molecule has 1 N–H and O–H groups in total. The van der Waals surface area contributed by atoms with Crippen molar-refractivity contribution in [3.63, 3.8) is 0 Å². The Hall–Kier alpha value is -1.23. The van der Waals surface area contributed by atoms with E-state index < -0.39 is 11.7 Å². The zero-order valence-electron chi connectivity index (χ0n) is 8.71. The second-order valence-corrected chi connectivity index (χ2v) is 4.41. The minimum absolute atomic E-state index is 0.233. The van der Waals surface area contributed by atoms with Crippen LogP contribution in [0.3, 0.4) is 0 Å². The molecule has 0 radical (unpaired) electrons. The third kappa shape index (κ3) is 3.13. The highest BCUT2D eigenvalue weighted by atomic mass is 32.1. The number of nitrogens with one attached hydrogen (secondary N) is 1. The summed E-state index contributed by atoms with van der Waals surface area (Å²) in [5.74, 6) is -1.74. The van der Waals surface area contributed by atoms with Crippen LogP contribution >= 0.6 is 11.3 Å². The molecule has 15 heavy (non-hydrogen) atoms. The van der Waals surface area contributed by atoms with Crippen LogP contribution in [0.2, 0.25) is 0 Å². The van der Waals surface area contributed by atoms with Crippen molar-refractivity contribution in [2.24, 2.45) is 0 Å². The van der Waals surface area contributed by atoms with Crippen LogP contribution in [0.5, 0.6) is 0 Å². The number of aromatic nitrogens is 1. The van der Waals surface area contributed by atoms with Gasteiger partial charge in [0.2, 0.25) is 0 Å². The molecule has 1 aromatic heterocycles. The Morgan fingerprint density at radius 2 is 2.47 bits per heavy atom. The normalized spacial score (nSPS) is 12.2. The summed E-state index contributed by atoms with van der Waals surface area (Å²) in [4.78, 5) is 16.3. The van der Waals surface area contributed by atoms with Gasteiger partial charge in [-0.05, 0) is 13.3 Å². The first kappa shape index (κ1) is 11.8. The third-order valence-electron chi connectivity index (χ3n) is 1.90. The molecule has 0 bridgehead atoms. The summed E-state index contributed by atoms with van der Waals surface area (Å²) >= 11 is 1.50. The molecule has 0 aromatic carbocycles. The lowest BCUT2D eigenvalue weighted by Crippen LogP contribution is -2.28. The van der Waals surface area contributed by atoms with Gasteiger partial charge in [0.25, 0.3) is 5.91 Å². The number of aryl methyl sites for hydroxylation is 1. The van der Waals surface area contributed by atoms with E-state index >= 15 is 0 Å². The van der Waals surface area contributed by atoms with Crippen molar-refractivity contribution in [2.75, 3.05) is 0 Å². The number of carbonyl (C=O) groups is 1. The SMILES string of the molecule is C=C(F)C(=O)NC(CC)c1ncc(C)s1. The van der Waals surface area contributed by atoms with Gasteiger partial charge in [0.05, 0.1) is 6.04 Å². The zero-order valence-corrected chi connectivity index (χ0v) is 9.53. The number of halogens is 1. The minimum Gasteiger partial charge on any atom is -0.341 e. The predicted molar refractivity (Wildman–Crippen MR) is 58.3 cm³/mol. The van der Waals surface area contributed by atoms with Crippen molar-refractivity contribution in [1.29, 1.82) is 0 Å². The minimum atomic E-state index is -0.971. The molecule has 0 saturated carbocycles. The fraction of sp³-hybridized carbons (Fsp3) is 0.400. The monoisotopic (exact) mass is 228 g/mol. The van der Waals surface area contributed by atoms with Crippen LogP contribution in [0, 0.1) is 6.92 Å². The molecule has 3 nitrogen and oxygen atoms in total. The molecule has 0 spiro atoms. The summed E-state index contributed by atoms with van der Waals surface area (Å²) < 4.78 is 12.5. The highest BCUT2D eigenvalue weighted by Gasteiger charge is 2.17. The Morgan fingerprint density at radius 1 is 1.80 bits per heavy atom. The smallest absolute Gasteiger partial charge is 0.279 e. The van der Waals surface area contributed by atoms with Gasteiger partial charge in [-0.25, -0.2) is 9.37 Å². The Labute approximate surface area is 92.0 Å². The average Bonchev–Trinajstić information content (AvgIpc) is 2.60. The quantitative estimate of drug-likeness (QED) is 0.804. The maximum absolute atomic E-state index is 12.5. The molecule has 1 atom stereocenters. The Kier molecular flexibility index (Phi) is 3.96. The Balaban J connectivity index is 2.72. The first-order valence-corrected chi connectivity index (χ1v) is 5.43. The number of carbonyl (C=O) groups excluding carboxylic acids is 1. The van der Waals surface area contributed by atoms with Crippen LogP contribution in [0.15, 0.2) is 18.6 Å². The molecule has 82 valence electrons. The van der Waals surface area contributed by atoms with Gasteiger partial charge in [-0.3, -0.25) is 4.79 Å². The Bertz CT molecular complexity index is 375. The lowest BCUT2D eigenvalue weighted by molar-refractivity contribution is -0.119. The summed E-state index contributed by atoms with van der Waals surface area (Å²) in [6, 6.07) is -0.233. The molecule has 0 aliphatic heterocycles. The third-order valence-corrected chi connectivity index (χ3v) is 2.92. The molecule has 0 aliphatic rings. The molecule has 1 aromatic rings. The standard InChI is InChI=1S/C10H13FN2OS/c1-4-8(13-9(14)7(3)11)10-12-5-6(2)15-10/h5,8H,3-4H2,1-2H3,(H,13,14). The second-order valence-electron chi connectivity index (χ2n) is 3.15. The highest BCUT2D eigenvalue weighted by Crippen LogP contribution is 2.22. The molecule has 0 aliphatic carbocycles. The summed E-state index contributed by atoms with van der Waals surface area (Å²) in [5.41, 5.74) is 0. The van der Waals surface area contributed by atoms with E-state index in [4.69, 9.17) is 0 Å². The van der Waals surface area contributed by atoms with E-state index in [1.807, 2.05) is 13.8 Å². The van der Waals surface area contributed by atoms with Gasteiger partial charge >= 0.3 is 0 Å². The van der Waals surface area contributed by atoms with Gasteiger partial charge in [0.15, 0.2) is 5.83 Å². The summed E-state index contributed by atoms with van der Waals surface area (Å²) in [7, 11) is 0. The fourth-order valence-electron chi connectivity index (χ4n) is 1.11. The van der Waals surface area contributed by atoms with E-state index in [0.29, 0.717) is 6.42 Å². The number of nitrogens with zero attached hydrogens (tertiary/aromatic N) is 1. The predicted octanol–water partition coefficient (Wildman–Crippen LogP) is 2.50. The van der Waals surface area contributed by atoms with Gasteiger partial charge in [-0.15, -0.1) is 11.3 Å². The molecule has 0 fully saturated rings. The van der Waals surface area contributed by atoms with Crippen LogP contribution in [-0.2, 0) is 4.79 Å².